The van der Waals surface area contributed by atoms with Crippen LogP contribution in [0.4, 0.5) is 0 Å². The molecule has 9 heteroatoms. The first-order valence-electron chi connectivity index (χ1n) is 11.3. The minimum Gasteiger partial charge on any atom is -0.352 e. The molecule has 4 rings (SSSR count). The lowest BCUT2D eigenvalue weighted by atomic mass is 10.1. The molecule has 0 spiro atoms. The van der Waals surface area contributed by atoms with Gasteiger partial charge in [0.25, 0.3) is 0 Å². The smallest absolute Gasteiger partial charge is 0.243 e. The fourth-order valence-corrected chi connectivity index (χ4v) is 5.73. The molecule has 2 saturated heterocycles. The highest BCUT2D eigenvalue weighted by Crippen LogP contribution is 2.20. The molecular formula is C24H30N4O4S. The number of carbonyl (C=O) groups excluding carboxylic acids is 2. The van der Waals surface area contributed by atoms with Gasteiger partial charge in [-0.1, -0.05) is 48.5 Å². The van der Waals surface area contributed by atoms with Crippen LogP contribution in [-0.2, 0) is 26.2 Å². The van der Waals surface area contributed by atoms with Crippen molar-refractivity contribution >= 4 is 21.8 Å². The van der Waals surface area contributed by atoms with Crippen molar-refractivity contribution in [2.75, 3.05) is 45.8 Å². The van der Waals surface area contributed by atoms with Crippen molar-refractivity contribution in [2.45, 2.75) is 17.9 Å². The van der Waals surface area contributed by atoms with E-state index in [1.54, 1.807) is 35.2 Å². The van der Waals surface area contributed by atoms with E-state index in [1.165, 1.54) is 4.31 Å². The second kappa shape index (κ2) is 10.5. The van der Waals surface area contributed by atoms with Crippen molar-refractivity contribution < 1.29 is 18.0 Å². The van der Waals surface area contributed by atoms with Gasteiger partial charge in [0.05, 0.1) is 10.8 Å². The summed E-state index contributed by atoms with van der Waals surface area (Å²) in [6, 6.07) is 18.2. The van der Waals surface area contributed by atoms with E-state index in [0.717, 1.165) is 5.56 Å². The summed E-state index contributed by atoms with van der Waals surface area (Å²) >= 11 is 0. The van der Waals surface area contributed by atoms with Gasteiger partial charge in [-0.05, 0) is 17.7 Å². The third kappa shape index (κ3) is 5.79. The third-order valence-corrected chi connectivity index (χ3v) is 8.21. The van der Waals surface area contributed by atoms with Crippen molar-refractivity contribution in [3.8, 4) is 0 Å². The quantitative estimate of drug-likeness (QED) is 0.625. The van der Waals surface area contributed by atoms with E-state index in [4.69, 9.17) is 0 Å². The number of hydrogen-bond donors (Lipinski definition) is 1. The number of hydrogen-bond acceptors (Lipinski definition) is 5. The molecule has 0 radical (unpaired) electrons. The molecule has 1 N–H and O–H groups in total. The van der Waals surface area contributed by atoms with Crippen LogP contribution in [0.1, 0.15) is 12.0 Å². The summed E-state index contributed by atoms with van der Waals surface area (Å²) in [7, 11) is -3.47. The number of carbonyl (C=O) groups is 2. The molecule has 2 aromatic rings. The molecular weight excluding hydrogens is 440 g/mol. The maximum atomic E-state index is 12.8. The molecule has 8 nitrogen and oxygen atoms in total. The van der Waals surface area contributed by atoms with Gasteiger partial charge in [0.15, 0.2) is 0 Å². The van der Waals surface area contributed by atoms with Gasteiger partial charge < -0.3 is 10.2 Å². The second-order valence-corrected chi connectivity index (χ2v) is 10.4. The van der Waals surface area contributed by atoms with Crippen molar-refractivity contribution in [1.29, 1.82) is 0 Å². The van der Waals surface area contributed by atoms with E-state index >= 15 is 0 Å². The molecule has 2 aromatic carbocycles. The molecule has 2 fully saturated rings. The average Bonchev–Trinajstić information content (AvgIpc) is 3.23. The molecule has 0 aliphatic carbocycles. The molecule has 1 unspecified atom stereocenters. The molecule has 176 valence electrons. The summed E-state index contributed by atoms with van der Waals surface area (Å²) in [6.07, 6.45) is 0.240. The average molecular weight is 471 g/mol. The number of amides is 2. The molecule has 33 heavy (non-hydrogen) atoms. The van der Waals surface area contributed by atoms with Crippen LogP contribution in [0.3, 0.4) is 0 Å². The molecule has 1 atom stereocenters. The number of nitrogens with zero attached hydrogens (tertiary/aromatic N) is 3. The predicted molar refractivity (Wildman–Crippen MR) is 125 cm³/mol. The monoisotopic (exact) mass is 470 g/mol. The molecule has 2 amide bonds. The van der Waals surface area contributed by atoms with Crippen molar-refractivity contribution in [1.82, 2.24) is 19.4 Å². The molecule has 0 aromatic heterocycles. The highest BCUT2D eigenvalue weighted by Gasteiger charge is 2.34. The van der Waals surface area contributed by atoms with E-state index in [1.807, 2.05) is 30.3 Å². The Morgan fingerprint density at radius 1 is 0.909 bits per heavy atom. The molecule has 2 heterocycles. The summed E-state index contributed by atoms with van der Waals surface area (Å²) in [4.78, 5) is 29.2. The standard InChI is InChI=1S/C24H30N4O4S/c29-23-17-21(24(30)25-18-20-7-3-1-4-8-20)19-27(23)14-11-26-12-15-28(16-13-26)33(31,32)22-9-5-2-6-10-22/h1-10,21H,11-19H2,(H,25,30). The number of benzene rings is 2. The topological polar surface area (TPSA) is 90.0 Å². The van der Waals surface area contributed by atoms with Gasteiger partial charge >= 0.3 is 0 Å². The zero-order chi connectivity index (χ0) is 23.3. The van der Waals surface area contributed by atoms with E-state index < -0.39 is 10.0 Å². The van der Waals surface area contributed by atoms with Gasteiger partial charge in [-0.3, -0.25) is 14.5 Å². The van der Waals surface area contributed by atoms with Gasteiger partial charge in [-0.25, -0.2) is 8.42 Å². The van der Waals surface area contributed by atoms with Crippen LogP contribution in [0, 0.1) is 5.92 Å². The van der Waals surface area contributed by atoms with Gasteiger partial charge in [0, 0.05) is 58.8 Å². The van der Waals surface area contributed by atoms with Crippen molar-refractivity contribution in [3.63, 3.8) is 0 Å². The predicted octanol–water partition coefficient (Wildman–Crippen LogP) is 1.16. The SMILES string of the molecule is O=C(NCc1ccccc1)C1CC(=O)N(CCN2CCN(S(=O)(=O)c3ccccc3)CC2)C1. The Bertz CT molecular complexity index is 1050. The normalized spacial score (nSPS) is 20.2. The van der Waals surface area contributed by atoms with Crippen LogP contribution in [-0.4, -0.2) is 80.2 Å². The Morgan fingerprint density at radius 3 is 2.21 bits per heavy atom. The second-order valence-electron chi connectivity index (χ2n) is 8.50. The van der Waals surface area contributed by atoms with Gasteiger partial charge in [-0.15, -0.1) is 0 Å². The van der Waals surface area contributed by atoms with Crippen LogP contribution < -0.4 is 5.32 Å². The third-order valence-electron chi connectivity index (χ3n) is 6.29. The van der Waals surface area contributed by atoms with Crippen molar-refractivity contribution in [2.24, 2.45) is 5.92 Å². The Kier molecular flexibility index (Phi) is 7.42. The van der Waals surface area contributed by atoms with Crippen LogP contribution in [0.5, 0.6) is 0 Å². The van der Waals surface area contributed by atoms with E-state index in [9.17, 15) is 18.0 Å². The van der Waals surface area contributed by atoms with Crippen LogP contribution in [0.25, 0.3) is 0 Å². The first-order valence-corrected chi connectivity index (χ1v) is 12.7. The van der Waals surface area contributed by atoms with Crippen LogP contribution in [0.15, 0.2) is 65.6 Å². The maximum absolute atomic E-state index is 12.8. The number of nitrogens with one attached hydrogen (secondary N) is 1. The Balaban J connectivity index is 1.21. The highest BCUT2D eigenvalue weighted by atomic mass is 32.2. The fourth-order valence-electron chi connectivity index (χ4n) is 4.29. The first kappa shape index (κ1) is 23.4. The van der Waals surface area contributed by atoms with Crippen molar-refractivity contribution in [3.05, 3.63) is 66.2 Å². The van der Waals surface area contributed by atoms with Gasteiger partial charge in [-0.2, -0.15) is 4.31 Å². The Labute approximate surface area is 195 Å². The van der Waals surface area contributed by atoms with E-state index in [-0.39, 0.29) is 24.2 Å². The Hall–Kier alpha value is -2.75. The Morgan fingerprint density at radius 2 is 1.55 bits per heavy atom. The number of piperazine rings is 1. The molecule has 2 aliphatic rings. The lowest BCUT2D eigenvalue weighted by Gasteiger charge is -2.34. The van der Waals surface area contributed by atoms with Crippen LogP contribution in [0.2, 0.25) is 0 Å². The van der Waals surface area contributed by atoms with Gasteiger partial charge in [0.2, 0.25) is 21.8 Å². The van der Waals surface area contributed by atoms with E-state index in [0.29, 0.717) is 57.3 Å². The van der Waals surface area contributed by atoms with E-state index in [2.05, 4.69) is 10.2 Å². The summed E-state index contributed by atoms with van der Waals surface area (Å²) in [5, 5.41) is 2.93. The number of rotatable bonds is 8. The fraction of sp³-hybridized carbons (Fsp3) is 0.417. The minimum atomic E-state index is -3.47. The summed E-state index contributed by atoms with van der Waals surface area (Å²) < 4.78 is 27.0. The molecule has 0 bridgehead atoms. The molecule has 2 aliphatic heterocycles. The summed E-state index contributed by atoms with van der Waals surface area (Å²) in [5.41, 5.74) is 1.03. The van der Waals surface area contributed by atoms with Crippen LogP contribution >= 0.6 is 0 Å². The molecule has 0 saturated carbocycles. The minimum absolute atomic E-state index is 0.000141. The highest BCUT2D eigenvalue weighted by molar-refractivity contribution is 7.89. The number of likely N-dealkylation sites (tertiary alicyclic amines) is 1. The first-order chi connectivity index (χ1) is 15.9. The maximum Gasteiger partial charge on any atom is 0.243 e. The lowest BCUT2D eigenvalue weighted by Crippen LogP contribution is -2.50. The summed E-state index contributed by atoms with van der Waals surface area (Å²) in [5.74, 6) is -0.413. The number of sulfonamides is 1. The zero-order valence-electron chi connectivity index (χ0n) is 18.6. The largest absolute Gasteiger partial charge is 0.352 e. The van der Waals surface area contributed by atoms with Gasteiger partial charge in [0.1, 0.15) is 0 Å². The lowest BCUT2D eigenvalue weighted by molar-refractivity contribution is -0.129. The zero-order valence-corrected chi connectivity index (χ0v) is 19.4. The summed E-state index contributed by atoms with van der Waals surface area (Å²) in [6.45, 7) is 4.20.